The zero-order valence-corrected chi connectivity index (χ0v) is 12.5. The van der Waals surface area contributed by atoms with Gasteiger partial charge in [0.1, 0.15) is 5.82 Å². The molecule has 0 amide bonds. The molecule has 100 valence electrons. The minimum atomic E-state index is -0.162. The first-order valence-electron chi connectivity index (χ1n) is 6.86. The zero-order chi connectivity index (χ0) is 13.0. The molecule has 0 saturated heterocycles. The first-order chi connectivity index (χ1) is 8.69. The van der Waals surface area contributed by atoms with Crippen LogP contribution in [-0.4, -0.2) is 6.04 Å². The van der Waals surface area contributed by atoms with Crippen LogP contribution in [0, 0.1) is 11.7 Å². The van der Waals surface area contributed by atoms with Crippen LogP contribution in [0.1, 0.15) is 44.6 Å². The van der Waals surface area contributed by atoms with Gasteiger partial charge in [-0.2, -0.15) is 0 Å². The topological polar surface area (TPSA) is 12.0 Å². The minimum Gasteiger partial charge on any atom is -0.310 e. The maximum absolute atomic E-state index is 13.2. The van der Waals surface area contributed by atoms with E-state index in [1.54, 1.807) is 12.1 Å². The van der Waals surface area contributed by atoms with Gasteiger partial charge in [-0.05, 0) is 42.5 Å². The van der Waals surface area contributed by atoms with Crippen molar-refractivity contribution in [2.24, 2.45) is 5.92 Å². The highest BCUT2D eigenvalue weighted by molar-refractivity contribution is 9.10. The zero-order valence-electron chi connectivity index (χ0n) is 10.9. The SMILES string of the molecule is CCC1CCCC(NCc2cc(F)ccc2Br)C1. The fourth-order valence-electron chi connectivity index (χ4n) is 2.78. The molecular weight excluding hydrogens is 293 g/mol. The molecule has 1 saturated carbocycles. The third-order valence-corrected chi connectivity index (χ3v) is 4.72. The van der Waals surface area contributed by atoms with Gasteiger partial charge in [0.05, 0.1) is 0 Å². The molecule has 0 aliphatic heterocycles. The highest BCUT2D eigenvalue weighted by Gasteiger charge is 2.20. The lowest BCUT2D eigenvalue weighted by atomic mass is 9.84. The Kier molecular flexibility index (Phi) is 5.19. The smallest absolute Gasteiger partial charge is 0.123 e. The second kappa shape index (κ2) is 6.67. The molecule has 0 spiro atoms. The summed E-state index contributed by atoms with van der Waals surface area (Å²) in [5.74, 6) is 0.706. The Labute approximate surface area is 117 Å². The van der Waals surface area contributed by atoms with Crippen LogP contribution >= 0.6 is 15.9 Å². The lowest BCUT2D eigenvalue weighted by Gasteiger charge is -2.29. The summed E-state index contributed by atoms with van der Waals surface area (Å²) < 4.78 is 14.2. The maximum Gasteiger partial charge on any atom is 0.123 e. The van der Waals surface area contributed by atoms with Crippen LogP contribution in [0.2, 0.25) is 0 Å². The van der Waals surface area contributed by atoms with Crippen LogP contribution in [0.4, 0.5) is 4.39 Å². The highest BCUT2D eigenvalue weighted by atomic mass is 79.9. The maximum atomic E-state index is 13.2. The largest absolute Gasteiger partial charge is 0.310 e. The summed E-state index contributed by atoms with van der Waals surface area (Å²) in [6.45, 7) is 3.02. The Bertz CT molecular complexity index is 394. The van der Waals surface area contributed by atoms with Gasteiger partial charge >= 0.3 is 0 Å². The van der Waals surface area contributed by atoms with Crippen molar-refractivity contribution in [3.63, 3.8) is 0 Å². The average Bonchev–Trinajstić information content (AvgIpc) is 2.40. The number of benzene rings is 1. The van der Waals surface area contributed by atoms with Crippen molar-refractivity contribution in [2.75, 3.05) is 0 Å². The monoisotopic (exact) mass is 313 g/mol. The Morgan fingerprint density at radius 1 is 1.39 bits per heavy atom. The third kappa shape index (κ3) is 3.79. The van der Waals surface area contributed by atoms with Crippen molar-refractivity contribution in [1.82, 2.24) is 5.32 Å². The Morgan fingerprint density at radius 3 is 3.00 bits per heavy atom. The van der Waals surface area contributed by atoms with Crippen molar-refractivity contribution >= 4 is 15.9 Å². The standard InChI is InChI=1S/C15H21BrFN/c1-2-11-4-3-5-14(8-11)18-10-12-9-13(17)6-7-15(12)16/h6-7,9,11,14,18H,2-5,8,10H2,1H3. The first-order valence-corrected chi connectivity index (χ1v) is 7.65. The number of halogens is 2. The molecule has 2 unspecified atom stereocenters. The molecule has 0 radical (unpaired) electrons. The van der Waals surface area contributed by atoms with E-state index >= 15 is 0 Å². The predicted octanol–water partition coefficient (Wildman–Crippen LogP) is 4.65. The van der Waals surface area contributed by atoms with Crippen LogP contribution in [0.25, 0.3) is 0 Å². The van der Waals surface area contributed by atoms with Crippen LogP contribution in [0.15, 0.2) is 22.7 Å². The van der Waals surface area contributed by atoms with Crippen molar-refractivity contribution < 1.29 is 4.39 Å². The summed E-state index contributed by atoms with van der Waals surface area (Å²) in [6, 6.07) is 5.47. The molecular formula is C15H21BrFN. The van der Waals surface area contributed by atoms with E-state index in [1.807, 2.05) is 0 Å². The van der Waals surface area contributed by atoms with Crippen LogP contribution < -0.4 is 5.32 Å². The lowest BCUT2D eigenvalue weighted by Crippen LogP contribution is -2.33. The van der Waals surface area contributed by atoms with Gasteiger partial charge in [0.15, 0.2) is 0 Å². The van der Waals surface area contributed by atoms with E-state index in [-0.39, 0.29) is 5.82 Å². The average molecular weight is 314 g/mol. The molecule has 3 heteroatoms. The second-order valence-electron chi connectivity index (χ2n) is 5.25. The predicted molar refractivity (Wildman–Crippen MR) is 77.0 cm³/mol. The third-order valence-electron chi connectivity index (χ3n) is 3.95. The van der Waals surface area contributed by atoms with Gasteiger partial charge in [-0.3, -0.25) is 0 Å². The number of rotatable bonds is 4. The van der Waals surface area contributed by atoms with Crippen molar-refractivity contribution in [3.05, 3.63) is 34.1 Å². The summed E-state index contributed by atoms with van der Waals surface area (Å²) in [4.78, 5) is 0. The second-order valence-corrected chi connectivity index (χ2v) is 6.11. The fourth-order valence-corrected chi connectivity index (χ4v) is 3.17. The van der Waals surface area contributed by atoms with Crippen LogP contribution in [-0.2, 0) is 6.54 Å². The number of nitrogens with one attached hydrogen (secondary N) is 1. The molecule has 18 heavy (non-hydrogen) atoms. The van der Waals surface area contributed by atoms with E-state index in [0.29, 0.717) is 6.04 Å². The van der Waals surface area contributed by atoms with E-state index < -0.39 is 0 Å². The van der Waals surface area contributed by atoms with Crippen molar-refractivity contribution in [2.45, 2.75) is 51.6 Å². The normalized spacial score (nSPS) is 24.2. The molecule has 0 aromatic heterocycles. The van der Waals surface area contributed by atoms with Gasteiger partial charge in [-0.1, -0.05) is 42.1 Å². The molecule has 1 N–H and O–H groups in total. The Morgan fingerprint density at radius 2 is 2.22 bits per heavy atom. The molecule has 2 rings (SSSR count). The molecule has 0 heterocycles. The fraction of sp³-hybridized carbons (Fsp3) is 0.600. The summed E-state index contributed by atoms with van der Waals surface area (Å²) >= 11 is 3.47. The van der Waals surface area contributed by atoms with E-state index in [1.165, 1.54) is 38.2 Å². The number of hydrogen-bond donors (Lipinski definition) is 1. The molecule has 2 atom stereocenters. The summed E-state index contributed by atoms with van der Waals surface area (Å²) in [5.41, 5.74) is 1.01. The lowest BCUT2D eigenvalue weighted by molar-refractivity contribution is 0.278. The van der Waals surface area contributed by atoms with Crippen LogP contribution in [0.5, 0.6) is 0 Å². The molecule has 1 aromatic carbocycles. The van der Waals surface area contributed by atoms with Gasteiger partial charge in [0, 0.05) is 17.1 Å². The van der Waals surface area contributed by atoms with E-state index in [9.17, 15) is 4.39 Å². The Hall–Kier alpha value is -0.410. The molecule has 1 nitrogen and oxygen atoms in total. The van der Waals surface area contributed by atoms with Gasteiger partial charge < -0.3 is 5.32 Å². The number of hydrogen-bond acceptors (Lipinski definition) is 1. The molecule has 1 aliphatic rings. The minimum absolute atomic E-state index is 0.162. The van der Waals surface area contributed by atoms with E-state index in [2.05, 4.69) is 28.2 Å². The summed E-state index contributed by atoms with van der Waals surface area (Å²) in [6.07, 6.45) is 6.49. The van der Waals surface area contributed by atoms with Crippen molar-refractivity contribution in [1.29, 1.82) is 0 Å². The van der Waals surface area contributed by atoms with Crippen molar-refractivity contribution in [3.8, 4) is 0 Å². The molecule has 1 aromatic rings. The Balaban J connectivity index is 1.89. The molecule has 1 fully saturated rings. The van der Waals surface area contributed by atoms with Gasteiger partial charge in [-0.15, -0.1) is 0 Å². The van der Waals surface area contributed by atoms with Gasteiger partial charge in [0.2, 0.25) is 0 Å². The quantitative estimate of drug-likeness (QED) is 0.853. The highest BCUT2D eigenvalue weighted by Crippen LogP contribution is 2.27. The van der Waals surface area contributed by atoms with Gasteiger partial charge in [-0.25, -0.2) is 4.39 Å². The van der Waals surface area contributed by atoms with E-state index in [0.717, 1.165) is 22.5 Å². The first kappa shape index (κ1) is 14.0. The summed E-state index contributed by atoms with van der Waals surface area (Å²) in [7, 11) is 0. The van der Waals surface area contributed by atoms with E-state index in [4.69, 9.17) is 0 Å². The molecule has 1 aliphatic carbocycles. The van der Waals surface area contributed by atoms with Crippen LogP contribution in [0.3, 0.4) is 0 Å². The van der Waals surface area contributed by atoms with Gasteiger partial charge in [0.25, 0.3) is 0 Å². The summed E-state index contributed by atoms with van der Waals surface area (Å²) in [5, 5.41) is 3.57. The molecule has 0 bridgehead atoms.